The first-order valence-electron chi connectivity index (χ1n) is 29.1. The Balaban J connectivity index is 0.823. The van der Waals surface area contributed by atoms with Crippen molar-refractivity contribution < 1.29 is 4.74 Å². The average Bonchev–Trinajstić information content (AvgIpc) is 3.13. The van der Waals surface area contributed by atoms with Crippen LogP contribution in [0.1, 0.15) is 49.9 Å². The molecular weight excluding hydrogens is 1020 g/mol. The molecule has 11 aromatic carbocycles. The van der Waals surface area contributed by atoms with Gasteiger partial charge in [0.05, 0.1) is 39.1 Å². The molecule has 0 amide bonds. The standard InChI is InChI=1S/C78H59N5O/c1-77(2,3)54-44-65(51-22-7-5-8-23-51)76(66(45-54)52-24-9-6-10-25-52)81-50-80(71-36-19-20-37-72(71)81)55-26-21-27-57(47-55)84-58-39-41-64-63-40-38-56(82-69-34-17-13-30-61(69)62-31-14-18-35-70(62)82)48-73(63)83(74(64)49-58)75-46-53(42-43-79-75)78(4)67-32-15-11-28-59(67)60-29-12-16-33-68(60)78/h5-49H,50H2,1-4H3. The summed E-state index contributed by atoms with van der Waals surface area (Å²) in [6, 6.07) is 97.0. The summed E-state index contributed by atoms with van der Waals surface area (Å²) >= 11 is 0. The number of fused-ring (bicyclic) bond motifs is 10. The number of pyridine rings is 1. The quantitative estimate of drug-likeness (QED) is 0.144. The summed E-state index contributed by atoms with van der Waals surface area (Å²) < 4.78 is 11.8. The molecule has 4 heterocycles. The number of anilines is 4. The lowest BCUT2D eigenvalue weighted by Gasteiger charge is -2.30. The average molecular weight is 1080 g/mol. The molecule has 0 fully saturated rings. The number of nitrogens with zero attached hydrogens (tertiary/aromatic N) is 5. The minimum atomic E-state index is -0.408. The van der Waals surface area contributed by atoms with E-state index in [2.05, 4.69) is 314 Å². The van der Waals surface area contributed by atoms with Gasteiger partial charge in [-0.25, -0.2) is 4.98 Å². The Morgan fingerprint density at radius 1 is 0.405 bits per heavy atom. The topological polar surface area (TPSA) is 38.5 Å². The van der Waals surface area contributed by atoms with E-state index in [1.807, 2.05) is 6.20 Å². The molecule has 0 saturated carbocycles. The van der Waals surface area contributed by atoms with Gasteiger partial charge in [0.15, 0.2) is 0 Å². The van der Waals surface area contributed by atoms with Gasteiger partial charge < -0.3 is 19.1 Å². The smallest absolute Gasteiger partial charge is 0.137 e. The maximum absolute atomic E-state index is 7.07. The highest BCUT2D eigenvalue weighted by Gasteiger charge is 2.41. The fraction of sp³-hybridized carbons (Fsp3) is 0.0897. The maximum Gasteiger partial charge on any atom is 0.137 e. The minimum absolute atomic E-state index is 0.0729. The Labute approximate surface area is 489 Å². The highest BCUT2D eigenvalue weighted by Crippen LogP contribution is 2.54. The zero-order chi connectivity index (χ0) is 56.3. The zero-order valence-corrected chi connectivity index (χ0v) is 47.3. The van der Waals surface area contributed by atoms with Gasteiger partial charge in [-0.2, -0.15) is 0 Å². The summed E-state index contributed by atoms with van der Waals surface area (Å²) in [5.41, 5.74) is 21.9. The van der Waals surface area contributed by atoms with Crippen molar-refractivity contribution in [3.05, 3.63) is 295 Å². The molecule has 16 rings (SSSR count). The molecule has 1 aliphatic carbocycles. The summed E-state index contributed by atoms with van der Waals surface area (Å²) in [7, 11) is 0. The first-order chi connectivity index (χ1) is 41.2. The van der Waals surface area contributed by atoms with Gasteiger partial charge in [-0.15, -0.1) is 0 Å². The summed E-state index contributed by atoms with van der Waals surface area (Å²) in [6.45, 7) is 9.89. The van der Waals surface area contributed by atoms with Crippen LogP contribution in [0.15, 0.2) is 273 Å². The third-order valence-electron chi connectivity index (χ3n) is 17.9. The van der Waals surface area contributed by atoms with Crippen molar-refractivity contribution in [2.75, 3.05) is 16.5 Å². The number of para-hydroxylation sites is 4. The Kier molecular flexibility index (Phi) is 11.2. The molecule has 6 nitrogen and oxygen atoms in total. The molecule has 0 unspecified atom stereocenters. The number of hydrogen-bond donors (Lipinski definition) is 0. The number of ether oxygens (including phenoxy) is 1. The number of rotatable bonds is 9. The van der Waals surface area contributed by atoms with Gasteiger partial charge in [-0.3, -0.25) is 4.57 Å². The van der Waals surface area contributed by atoms with Crippen LogP contribution >= 0.6 is 0 Å². The van der Waals surface area contributed by atoms with Crippen molar-refractivity contribution in [1.82, 2.24) is 14.1 Å². The fourth-order valence-corrected chi connectivity index (χ4v) is 13.8. The summed E-state index contributed by atoms with van der Waals surface area (Å²) in [6.07, 6.45) is 1.99. The van der Waals surface area contributed by atoms with Crippen molar-refractivity contribution >= 4 is 66.4 Å². The molecule has 84 heavy (non-hydrogen) atoms. The summed E-state index contributed by atoms with van der Waals surface area (Å²) in [5, 5.41) is 4.70. The predicted molar refractivity (Wildman–Crippen MR) is 348 cm³/mol. The molecule has 0 bridgehead atoms. The second kappa shape index (κ2) is 19.1. The van der Waals surface area contributed by atoms with Crippen LogP contribution in [0.25, 0.3) is 88.5 Å². The van der Waals surface area contributed by atoms with Crippen LogP contribution in [0, 0.1) is 0 Å². The first kappa shape index (κ1) is 49.4. The van der Waals surface area contributed by atoms with Gasteiger partial charge in [-0.05, 0) is 142 Å². The van der Waals surface area contributed by atoms with E-state index in [0.717, 1.165) is 61.9 Å². The lowest BCUT2D eigenvalue weighted by atomic mass is 9.74. The van der Waals surface area contributed by atoms with E-state index in [1.165, 1.54) is 83.1 Å². The van der Waals surface area contributed by atoms with E-state index in [9.17, 15) is 0 Å². The van der Waals surface area contributed by atoms with Gasteiger partial charge in [-0.1, -0.05) is 191 Å². The van der Waals surface area contributed by atoms with Crippen LogP contribution in [0.5, 0.6) is 11.5 Å². The third-order valence-corrected chi connectivity index (χ3v) is 17.9. The highest BCUT2D eigenvalue weighted by atomic mass is 16.5. The van der Waals surface area contributed by atoms with Crippen LogP contribution in [0.2, 0.25) is 0 Å². The first-order valence-corrected chi connectivity index (χ1v) is 29.1. The van der Waals surface area contributed by atoms with Gasteiger partial charge in [0.1, 0.15) is 24.0 Å². The lowest BCUT2D eigenvalue weighted by molar-refractivity contribution is 0.483. The van der Waals surface area contributed by atoms with Crippen molar-refractivity contribution in [1.29, 1.82) is 0 Å². The molecule has 1 aliphatic heterocycles. The maximum atomic E-state index is 7.07. The number of benzene rings is 11. The van der Waals surface area contributed by atoms with E-state index in [-0.39, 0.29) is 5.41 Å². The van der Waals surface area contributed by atoms with E-state index in [1.54, 1.807) is 0 Å². The molecule has 0 N–H and O–H groups in total. The van der Waals surface area contributed by atoms with Gasteiger partial charge in [0.2, 0.25) is 0 Å². The van der Waals surface area contributed by atoms with E-state index >= 15 is 0 Å². The molecule has 402 valence electrons. The largest absolute Gasteiger partial charge is 0.457 e. The fourth-order valence-electron chi connectivity index (χ4n) is 13.8. The van der Waals surface area contributed by atoms with Gasteiger partial charge in [0, 0.05) is 67.8 Å². The lowest BCUT2D eigenvalue weighted by Crippen LogP contribution is -2.25. The molecule has 0 saturated heterocycles. The molecular formula is C78H59N5O. The second-order valence-corrected chi connectivity index (χ2v) is 23.7. The molecule has 2 aliphatic rings. The monoisotopic (exact) mass is 1080 g/mol. The van der Waals surface area contributed by atoms with Crippen LogP contribution < -0.4 is 14.5 Å². The number of aromatic nitrogens is 3. The van der Waals surface area contributed by atoms with E-state index in [0.29, 0.717) is 6.67 Å². The summed E-state index contributed by atoms with van der Waals surface area (Å²) in [4.78, 5) is 10.2. The molecule has 0 atom stereocenters. The Morgan fingerprint density at radius 2 is 0.940 bits per heavy atom. The molecule has 14 aromatic rings. The van der Waals surface area contributed by atoms with Crippen LogP contribution in [-0.2, 0) is 10.8 Å². The van der Waals surface area contributed by atoms with Crippen LogP contribution in [0.3, 0.4) is 0 Å². The SMILES string of the molecule is CC(C)(C)c1cc(-c2ccccc2)c(N2CN(c3cccc(Oc4ccc5c6ccc(-n7c8ccccc8c8ccccc87)cc6n(-c6cc(C7(C)c8ccccc8-c8ccccc87)ccn6)c5c4)c3)c3ccccc32)c(-c2ccccc2)c1. The van der Waals surface area contributed by atoms with E-state index in [4.69, 9.17) is 9.72 Å². The summed E-state index contributed by atoms with van der Waals surface area (Å²) in [5.74, 6) is 2.32. The van der Waals surface area contributed by atoms with Crippen molar-refractivity contribution in [2.45, 2.75) is 38.5 Å². The Bertz CT molecular complexity index is 4770. The minimum Gasteiger partial charge on any atom is -0.457 e. The second-order valence-electron chi connectivity index (χ2n) is 23.7. The molecule has 6 heteroatoms. The van der Waals surface area contributed by atoms with Crippen molar-refractivity contribution in [2.24, 2.45) is 0 Å². The Morgan fingerprint density at radius 3 is 1.58 bits per heavy atom. The molecule has 3 aromatic heterocycles. The molecule has 0 spiro atoms. The Hall–Kier alpha value is -10.4. The predicted octanol–water partition coefficient (Wildman–Crippen LogP) is 20.3. The van der Waals surface area contributed by atoms with Crippen molar-refractivity contribution in [3.8, 4) is 56.4 Å². The zero-order valence-electron chi connectivity index (χ0n) is 47.3. The van der Waals surface area contributed by atoms with Crippen molar-refractivity contribution in [3.63, 3.8) is 0 Å². The third kappa shape index (κ3) is 7.74. The van der Waals surface area contributed by atoms with Gasteiger partial charge in [0.25, 0.3) is 0 Å². The molecule has 0 radical (unpaired) electrons. The van der Waals surface area contributed by atoms with Gasteiger partial charge >= 0.3 is 0 Å². The highest BCUT2D eigenvalue weighted by molar-refractivity contribution is 6.12. The van der Waals surface area contributed by atoms with Crippen LogP contribution in [-0.4, -0.2) is 20.8 Å². The van der Waals surface area contributed by atoms with Crippen LogP contribution in [0.4, 0.5) is 22.7 Å². The normalized spacial score (nSPS) is 13.5. The van der Waals surface area contributed by atoms with E-state index < -0.39 is 5.41 Å². The number of hydrogen-bond acceptors (Lipinski definition) is 4.